The fourth-order valence-corrected chi connectivity index (χ4v) is 1.72. The first-order valence-electron chi connectivity index (χ1n) is 6.20. The number of hydrogen-bond acceptors (Lipinski definition) is 5. The highest BCUT2D eigenvalue weighted by molar-refractivity contribution is 9.10. The molecule has 1 saturated heterocycles. The third-order valence-electron chi connectivity index (χ3n) is 2.32. The van der Waals surface area contributed by atoms with E-state index in [1.807, 2.05) is 38.0 Å². The van der Waals surface area contributed by atoms with Gasteiger partial charge in [-0.05, 0) is 36.7 Å². The van der Waals surface area contributed by atoms with E-state index in [1.165, 1.54) is 0 Å². The Hall–Kier alpha value is -1.08. The molecule has 1 aromatic heterocycles. The van der Waals surface area contributed by atoms with Crippen molar-refractivity contribution in [2.24, 2.45) is 0 Å². The quantitative estimate of drug-likeness (QED) is 0.823. The Morgan fingerprint density at radius 3 is 2.42 bits per heavy atom. The molecular weight excluding hydrogens is 312 g/mol. The number of halogens is 1. The van der Waals surface area contributed by atoms with Crippen LogP contribution >= 0.6 is 15.9 Å². The highest BCUT2D eigenvalue weighted by atomic mass is 79.9. The molecule has 19 heavy (non-hydrogen) atoms. The first kappa shape index (κ1) is 16.0. The van der Waals surface area contributed by atoms with E-state index in [1.54, 1.807) is 0 Å². The van der Waals surface area contributed by atoms with Crippen LogP contribution in [0.15, 0.2) is 16.9 Å². The average molecular weight is 333 g/mol. The largest absolute Gasteiger partial charge is 0.462 e. The molecule has 1 N–H and O–H groups in total. The summed E-state index contributed by atoms with van der Waals surface area (Å²) >= 11 is 3.37. The lowest BCUT2D eigenvalue weighted by molar-refractivity contribution is -0.138. The standard InChI is InChI=1S/C7H11BrN4.C5H10O2/c8-7-5-10-12(6-7)11-3-1-9-2-4-11;1-5(2,3)7-4-6/h5-6,9H,1-4H2;4H,1-3H3. The van der Waals surface area contributed by atoms with Crippen LogP contribution in [0.2, 0.25) is 0 Å². The maximum absolute atomic E-state index is 9.60. The van der Waals surface area contributed by atoms with Gasteiger partial charge in [0.2, 0.25) is 0 Å². The number of aromatic nitrogens is 2. The predicted octanol–water partition coefficient (Wildman–Crippen LogP) is 1.14. The van der Waals surface area contributed by atoms with Gasteiger partial charge in [0.15, 0.2) is 0 Å². The van der Waals surface area contributed by atoms with Crippen LogP contribution < -0.4 is 10.3 Å². The molecule has 2 rings (SSSR count). The van der Waals surface area contributed by atoms with Gasteiger partial charge in [0, 0.05) is 26.2 Å². The minimum absolute atomic E-state index is 0.318. The summed E-state index contributed by atoms with van der Waals surface area (Å²) in [6.45, 7) is 10.0. The maximum atomic E-state index is 9.60. The van der Waals surface area contributed by atoms with Crippen molar-refractivity contribution in [2.45, 2.75) is 26.4 Å². The van der Waals surface area contributed by atoms with Gasteiger partial charge in [-0.2, -0.15) is 9.89 Å². The van der Waals surface area contributed by atoms with E-state index in [4.69, 9.17) is 0 Å². The van der Waals surface area contributed by atoms with Crippen molar-refractivity contribution in [3.05, 3.63) is 16.9 Å². The molecule has 0 unspecified atom stereocenters. The normalized spacial score (nSPS) is 15.5. The van der Waals surface area contributed by atoms with Crippen molar-refractivity contribution in [3.63, 3.8) is 0 Å². The minimum Gasteiger partial charge on any atom is -0.462 e. The second-order valence-corrected chi connectivity index (χ2v) is 6.02. The molecule has 1 aromatic rings. The van der Waals surface area contributed by atoms with Crippen LogP contribution in [0.1, 0.15) is 20.8 Å². The monoisotopic (exact) mass is 332 g/mol. The van der Waals surface area contributed by atoms with E-state index in [2.05, 4.69) is 36.1 Å². The van der Waals surface area contributed by atoms with Crippen LogP contribution in [-0.2, 0) is 9.53 Å². The van der Waals surface area contributed by atoms with Crippen LogP contribution in [-0.4, -0.2) is 48.1 Å². The molecule has 0 aromatic carbocycles. The molecule has 1 fully saturated rings. The molecule has 0 atom stereocenters. The summed E-state index contributed by atoms with van der Waals surface area (Å²) in [5, 5.41) is 9.71. The number of rotatable bonds is 2. The lowest BCUT2D eigenvalue weighted by atomic mass is 10.2. The Morgan fingerprint density at radius 2 is 2.05 bits per heavy atom. The Labute approximate surface area is 122 Å². The fraction of sp³-hybridized carbons (Fsp3) is 0.667. The Bertz CT molecular complexity index is 383. The van der Waals surface area contributed by atoms with Gasteiger partial charge in [-0.3, -0.25) is 9.80 Å². The van der Waals surface area contributed by atoms with Crippen molar-refractivity contribution < 1.29 is 9.53 Å². The number of carbonyl (C=O) groups excluding carboxylic acids is 1. The summed E-state index contributed by atoms with van der Waals surface area (Å²) in [6, 6.07) is 0. The van der Waals surface area contributed by atoms with Gasteiger partial charge in [0.1, 0.15) is 5.60 Å². The molecule has 2 heterocycles. The molecular formula is C12H21BrN4O2. The summed E-state index contributed by atoms with van der Waals surface area (Å²) in [7, 11) is 0. The molecule has 6 nitrogen and oxygen atoms in total. The second-order valence-electron chi connectivity index (χ2n) is 5.11. The van der Waals surface area contributed by atoms with Gasteiger partial charge < -0.3 is 10.1 Å². The summed E-state index contributed by atoms with van der Waals surface area (Å²) in [4.78, 5) is 11.5. The van der Waals surface area contributed by atoms with Gasteiger partial charge in [0.05, 0.1) is 16.9 Å². The van der Waals surface area contributed by atoms with E-state index in [-0.39, 0.29) is 5.60 Å². The fourth-order valence-electron chi connectivity index (χ4n) is 1.45. The van der Waals surface area contributed by atoms with Crippen molar-refractivity contribution in [2.75, 3.05) is 31.2 Å². The van der Waals surface area contributed by atoms with E-state index in [0.29, 0.717) is 6.47 Å². The van der Waals surface area contributed by atoms with Crippen LogP contribution in [0.3, 0.4) is 0 Å². The van der Waals surface area contributed by atoms with Crippen molar-refractivity contribution in [3.8, 4) is 0 Å². The molecule has 0 bridgehead atoms. The molecule has 7 heteroatoms. The van der Waals surface area contributed by atoms with E-state index < -0.39 is 0 Å². The molecule has 0 saturated carbocycles. The topological polar surface area (TPSA) is 59.4 Å². The van der Waals surface area contributed by atoms with E-state index in [9.17, 15) is 4.79 Å². The van der Waals surface area contributed by atoms with Gasteiger partial charge in [-0.1, -0.05) is 0 Å². The van der Waals surface area contributed by atoms with Crippen LogP contribution in [0.25, 0.3) is 0 Å². The Morgan fingerprint density at radius 1 is 1.42 bits per heavy atom. The molecule has 0 radical (unpaired) electrons. The zero-order valence-electron chi connectivity index (χ0n) is 11.6. The molecule has 0 aliphatic carbocycles. The number of nitrogens with one attached hydrogen (secondary N) is 1. The lowest BCUT2D eigenvalue weighted by Crippen LogP contribution is -2.49. The zero-order chi connectivity index (χ0) is 14.3. The third-order valence-corrected chi connectivity index (χ3v) is 2.73. The highest BCUT2D eigenvalue weighted by Gasteiger charge is 2.10. The number of carbonyl (C=O) groups is 1. The molecule has 108 valence electrons. The van der Waals surface area contributed by atoms with Crippen LogP contribution in [0, 0.1) is 0 Å². The summed E-state index contributed by atoms with van der Waals surface area (Å²) in [5.41, 5.74) is -0.318. The van der Waals surface area contributed by atoms with Crippen molar-refractivity contribution >= 4 is 22.4 Å². The first-order chi connectivity index (χ1) is 8.92. The summed E-state index contributed by atoms with van der Waals surface area (Å²) in [6.07, 6.45) is 3.79. The molecule has 0 spiro atoms. The Balaban J connectivity index is 0.000000224. The number of nitrogens with zero attached hydrogens (tertiary/aromatic N) is 3. The highest BCUT2D eigenvalue weighted by Crippen LogP contribution is 2.06. The summed E-state index contributed by atoms with van der Waals surface area (Å²) < 4.78 is 5.58. The number of ether oxygens (including phenoxy) is 1. The SMILES string of the molecule is Brc1cnn(N2CCNCC2)c1.CC(C)(C)OC=O. The van der Waals surface area contributed by atoms with Crippen LogP contribution in [0.5, 0.6) is 0 Å². The molecule has 1 aliphatic rings. The van der Waals surface area contributed by atoms with Gasteiger partial charge in [-0.15, -0.1) is 0 Å². The van der Waals surface area contributed by atoms with E-state index >= 15 is 0 Å². The second kappa shape index (κ2) is 7.49. The van der Waals surface area contributed by atoms with Gasteiger partial charge in [-0.25, -0.2) is 0 Å². The van der Waals surface area contributed by atoms with Crippen molar-refractivity contribution in [1.82, 2.24) is 15.2 Å². The smallest absolute Gasteiger partial charge is 0.293 e. The molecule has 1 aliphatic heterocycles. The number of hydrogen-bond donors (Lipinski definition) is 1. The molecule has 0 amide bonds. The van der Waals surface area contributed by atoms with E-state index in [0.717, 1.165) is 30.7 Å². The van der Waals surface area contributed by atoms with Gasteiger partial charge in [0.25, 0.3) is 6.47 Å². The van der Waals surface area contributed by atoms with Crippen molar-refractivity contribution in [1.29, 1.82) is 0 Å². The van der Waals surface area contributed by atoms with Crippen LogP contribution in [0.4, 0.5) is 0 Å². The van der Waals surface area contributed by atoms with Gasteiger partial charge >= 0.3 is 0 Å². The average Bonchev–Trinajstić information content (AvgIpc) is 2.76. The predicted molar refractivity (Wildman–Crippen MR) is 77.6 cm³/mol. The lowest BCUT2D eigenvalue weighted by Gasteiger charge is -2.28. The first-order valence-corrected chi connectivity index (χ1v) is 6.99. The summed E-state index contributed by atoms with van der Waals surface area (Å²) in [5.74, 6) is 0. The number of piperazine rings is 1. The Kier molecular flexibility index (Phi) is 6.30. The minimum atomic E-state index is -0.318. The maximum Gasteiger partial charge on any atom is 0.293 e. The third kappa shape index (κ3) is 6.58. The zero-order valence-corrected chi connectivity index (χ0v) is 13.2.